The van der Waals surface area contributed by atoms with E-state index in [0.717, 1.165) is 6.04 Å². The highest BCUT2D eigenvalue weighted by molar-refractivity contribution is 4.96. The molecule has 0 amide bonds. The van der Waals surface area contributed by atoms with Crippen LogP contribution in [0, 0.1) is 0 Å². The van der Waals surface area contributed by atoms with Gasteiger partial charge in [-0.05, 0) is 39.8 Å². The molecule has 2 rings (SSSR count). The summed E-state index contributed by atoms with van der Waals surface area (Å²) in [5.41, 5.74) is 0.417. The maximum absolute atomic E-state index is 3.78. The quantitative estimate of drug-likeness (QED) is 0.667. The van der Waals surface area contributed by atoms with E-state index in [0.29, 0.717) is 5.54 Å². The summed E-state index contributed by atoms with van der Waals surface area (Å²) >= 11 is 0. The SMILES string of the molecule is CN1CC[C@@](C)(NC2CCC2)C1. The fraction of sp³-hybridized carbons (Fsp3) is 1.00. The Morgan fingerprint density at radius 3 is 2.58 bits per heavy atom. The van der Waals surface area contributed by atoms with Crippen molar-refractivity contribution in [3.8, 4) is 0 Å². The maximum atomic E-state index is 3.78. The van der Waals surface area contributed by atoms with E-state index in [4.69, 9.17) is 0 Å². The third-order valence-corrected chi connectivity index (χ3v) is 3.32. The van der Waals surface area contributed by atoms with Gasteiger partial charge in [-0.15, -0.1) is 0 Å². The molecule has 1 aliphatic heterocycles. The van der Waals surface area contributed by atoms with Crippen molar-refractivity contribution in [2.24, 2.45) is 0 Å². The normalized spacial score (nSPS) is 38.5. The number of likely N-dealkylation sites (tertiary alicyclic amines) is 1. The Bertz CT molecular complexity index is 165. The van der Waals surface area contributed by atoms with Gasteiger partial charge in [0.05, 0.1) is 0 Å². The lowest BCUT2D eigenvalue weighted by molar-refractivity contribution is 0.238. The molecule has 1 N–H and O–H groups in total. The molecule has 2 heteroatoms. The molecule has 2 aliphatic rings. The molecule has 0 radical (unpaired) electrons. The Kier molecular flexibility index (Phi) is 2.13. The molecule has 1 aliphatic carbocycles. The predicted octanol–water partition coefficient (Wildman–Crippen LogP) is 1.22. The van der Waals surface area contributed by atoms with Crippen molar-refractivity contribution in [1.82, 2.24) is 10.2 Å². The second-order valence-corrected chi connectivity index (χ2v) is 4.82. The van der Waals surface area contributed by atoms with E-state index in [1.54, 1.807) is 0 Å². The number of nitrogens with zero attached hydrogens (tertiary/aromatic N) is 1. The van der Waals surface area contributed by atoms with E-state index in [9.17, 15) is 0 Å². The number of nitrogens with one attached hydrogen (secondary N) is 1. The highest BCUT2D eigenvalue weighted by Crippen LogP contribution is 2.25. The monoisotopic (exact) mass is 168 g/mol. The number of rotatable bonds is 2. The standard InChI is InChI=1S/C10H20N2/c1-10(6-7-12(2)8-10)11-9-4-3-5-9/h9,11H,3-8H2,1-2H3/t10-/m1/s1. The van der Waals surface area contributed by atoms with Gasteiger partial charge in [0.15, 0.2) is 0 Å². The van der Waals surface area contributed by atoms with Crippen LogP contribution in [0.3, 0.4) is 0 Å². The molecule has 0 aromatic rings. The average molecular weight is 168 g/mol. The van der Waals surface area contributed by atoms with Crippen molar-refractivity contribution < 1.29 is 0 Å². The molecule has 1 atom stereocenters. The van der Waals surface area contributed by atoms with Gasteiger partial charge in [-0.1, -0.05) is 6.42 Å². The minimum Gasteiger partial charge on any atom is -0.307 e. The maximum Gasteiger partial charge on any atom is 0.0294 e. The molecular formula is C10H20N2. The highest BCUT2D eigenvalue weighted by atomic mass is 15.2. The van der Waals surface area contributed by atoms with Crippen LogP contribution in [0.5, 0.6) is 0 Å². The summed E-state index contributed by atoms with van der Waals surface area (Å²) in [4.78, 5) is 2.42. The first-order chi connectivity index (χ1) is 5.68. The molecule has 70 valence electrons. The lowest BCUT2D eigenvalue weighted by Crippen LogP contribution is -2.52. The lowest BCUT2D eigenvalue weighted by atomic mass is 9.89. The van der Waals surface area contributed by atoms with Crippen LogP contribution in [0.1, 0.15) is 32.6 Å². The van der Waals surface area contributed by atoms with Crippen molar-refractivity contribution in [2.45, 2.75) is 44.2 Å². The molecule has 2 fully saturated rings. The van der Waals surface area contributed by atoms with Crippen LogP contribution < -0.4 is 5.32 Å². The van der Waals surface area contributed by atoms with Gasteiger partial charge in [-0.25, -0.2) is 0 Å². The van der Waals surface area contributed by atoms with Gasteiger partial charge in [0.2, 0.25) is 0 Å². The number of likely N-dealkylation sites (N-methyl/N-ethyl adjacent to an activating group) is 1. The first-order valence-electron chi connectivity index (χ1n) is 5.14. The molecule has 0 bridgehead atoms. The van der Waals surface area contributed by atoms with Crippen LogP contribution in [0.2, 0.25) is 0 Å². The van der Waals surface area contributed by atoms with Gasteiger partial charge in [-0.3, -0.25) is 0 Å². The smallest absolute Gasteiger partial charge is 0.0294 e. The van der Waals surface area contributed by atoms with Crippen LogP contribution in [0.4, 0.5) is 0 Å². The lowest BCUT2D eigenvalue weighted by Gasteiger charge is -2.36. The zero-order chi connectivity index (χ0) is 8.60. The van der Waals surface area contributed by atoms with Gasteiger partial charge in [0.1, 0.15) is 0 Å². The fourth-order valence-electron chi connectivity index (χ4n) is 2.35. The van der Waals surface area contributed by atoms with Gasteiger partial charge in [-0.2, -0.15) is 0 Å². The Balaban J connectivity index is 1.84. The molecule has 0 spiro atoms. The van der Waals surface area contributed by atoms with Crippen LogP contribution in [-0.4, -0.2) is 36.6 Å². The summed E-state index contributed by atoms with van der Waals surface area (Å²) in [6.45, 7) is 4.86. The van der Waals surface area contributed by atoms with Gasteiger partial charge in [0, 0.05) is 18.1 Å². The molecule has 1 saturated heterocycles. The number of hydrogen-bond donors (Lipinski definition) is 1. The van der Waals surface area contributed by atoms with E-state index < -0.39 is 0 Å². The Morgan fingerprint density at radius 2 is 2.17 bits per heavy atom. The average Bonchev–Trinajstić information content (AvgIpc) is 2.24. The van der Waals surface area contributed by atoms with Crippen LogP contribution >= 0.6 is 0 Å². The second kappa shape index (κ2) is 3.00. The summed E-state index contributed by atoms with van der Waals surface area (Å²) in [6, 6.07) is 0.835. The zero-order valence-corrected chi connectivity index (χ0v) is 8.27. The van der Waals surface area contributed by atoms with E-state index in [-0.39, 0.29) is 0 Å². The third-order valence-electron chi connectivity index (χ3n) is 3.32. The molecular weight excluding hydrogens is 148 g/mol. The highest BCUT2D eigenvalue weighted by Gasteiger charge is 2.34. The fourth-order valence-corrected chi connectivity index (χ4v) is 2.35. The molecule has 0 unspecified atom stereocenters. The summed E-state index contributed by atoms with van der Waals surface area (Å²) in [6.07, 6.45) is 5.56. The minimum absolute atomic E-state index is 0.417. The molecule has 1 heterocycles. The first kappa shape index (κ1) is 8.52. The summed E-state index contributed by atoms with van der Waals surface area (Å²) in [7, 11) is 2.22. The molecule has 1 saturated carbocycles. The van der Waals surface area contributed by atoms with Crippen LogP contribution in [-0.2, 0) is 0 Å². The van der Waals surface area contributed by atoms with E-state index in [1.807, 2.05) is 0 Å². The molecule has 0 aromatic carbocycles. The zero-order valence-electron chi connectivity index (χ0n) is 8.27. The summed E-state index contributed by atoms with van der Waals surface area (Å²) in [5, 5.41) is 3.78. The molecule has 12 heavy (non-hydrogen) atoms. The van der Waals surface area contributed by atoms with Crippen molar-refractivity contribution in [3.63, 3.8) is 0 Å². The molecule has 2 nitrogen and oxygen atoms in total. The van der Waals surface area contributed by atoms with Crippen LogP contribution in [0.25, 0.3) is 0 Å². The van der Waals surface area contributed by atoms with Gasteiger partial charge >= 0.3 is 0 Å². The van der Waals surface area contributed by atoms with Gasteiger partial charge in [0.25, 0.3) is 0 Å². The Hall–Kier alpha value is -0.0800. The minimum atomic E-state index is 0.417. The Morgan fingerprint density at radius 1 is 1.42 bits per heavy atom. The topological polar surface area (TPSA) is 15.3 Å². The van der Waals surface area contributed by atoms with Gasteiger partial charge < -0.3 is 10.2 Å². The van der Waals surface area contributed by atoms with Crippen molar-refractivity contribution in [3.05, 3.63) is 0 Å². The van der Waals surface area contributed by atoms with Crippen molar-refractivity contribution in [1.29, 1.82) is 0 Å². The molecule has 0 aromatic heterocycles. The van der Waals surface area contributed by atoms with E-state index in [1.165, 1.54) is 38.8 Å². The number of hydrogen-bond acceptors (Lipinski definition) is 2. The third kappa shape index (κ3) is 1.64. The van der Waals surface area contributed by atoms with Crippen LogP contribution in [0.15, 0.2) is 0 Å². The second-order valence-electron chi connectivity index (χ2n) is 4.82. The summed E-state index contributed by atoms with van der Waals surface area (Å²) in [5.74, 6) is 0. The Labute approximate surface area is 75.3 Å². The predicted molar refractivity (Wildman–Crippen MR) is 51.3 cm³/mol. The first-order valence-corrected chi connectivity index (χ1v) is 5.14. The summed E-state index contributed by atoms with van der Waals surface area (Å²) < 4.78 is 0. The van der Waals surface area contributed by atoms with E-state index >= 15 is 0 Å². The van der Waals surface area contributed by atoms with Crippen molar-refractivity contribution in [2.75, 3.05) is 20.1 Å². The van der Waals surface area contributed by atoms with E-state index in [2.05, 4.69) is 24.2 Å². The van der Waals surface area contributed by atoms with Crippen molar-refractivity contribution >= 4 is 0 Å². The largest absolute Gasteiger partial charge is 0.307 e.